The Kier molecular flexibility index (Phi) is 4.22. The molecule has 1 fully saturated rings. The first-order chi connectivity index (χ1) is 10.5. The van der Waals surface area contributed by atoms with E-state index >= 15 is 0 Å². The summed E-state index contributed by atoms with van der Waals surface area (Å²) < 4.78 is 15.0. The van der Waals surface area contributed by atoms with Crippen LogP contribution in [0.15, 0.2) is 29.2 Å². The van der Waals surface area contributed by atoms with Crippen LogP contribution in [0.3, 0.4) is 0 Å². The summed E-state index contributed by atoms with van der Waals surface area (Å²) in [6, 6.07) is 4.41. The van der Waals surface area contributed by atoms with E-state index in [4.69, 9.17) is 0 Å². The molecule has 0 amide bonds. The third kappa shape index (κ3) is 3.03. The number of hydrogen-bond acceptors (Lipinski definition) is 4. The first kappa shape index (κ1) is 15.1. The second-order valence-corrected chi connectivity index (χ2v) is 6.02. The van der Waals surface area contributed by atoms with Crippen molar-refractivity contribution in [1.29, 1.82) is 0 Å². The lowest BCUT2D eigenvalue weighted by Crippen LogP contribution is -2.44. The minimum absolute atomic E-state index is 0.161. The minimum atomic E-state index is -0.450. The van der Waals surface area contributed by atoms with E-state index in [1.165, 1.54) is 12.1 Å². The number of piperidine rings is 1. The number of nitrogens with zero attached hydrogens (tertiary/aromatic N) is 3. The van der Waals surface area contributed by atoms with E-state index in [1.807, 2.05) is 6.92 Å². The molecule has 0 bridgehead atoms. The number of β-amino-alcohol motifs (C(OH)–C–C–N with tert-alkyl or cyclic N) is 1. The van der Waals surface area contributed by atoms with Gasteiger partial charge < -0.3 is 9.67 Å². The van der Waals surface area contributed by atoms with E-state index in [1.54, 1.807) is 10.6 Å². The van der Waals surface area contributed by atoms with Crippen molar-refractivity contribution in [2.75, 3.05) is 19.6 Å². The Morgan fingerprint density at radius 3 is 3.00 bits per heavy atom. The Bertz CT molecular complexity index is 731. The van der Waals surface area contributed by atoms with Crippen LogP contribution < -0.4 is 5.56 Å². The average Bonchev–Trinajstić information content (AvgIpc) is 2.49. The Labute approximate surface area is 128 Å². The molecule has 1 aliphatic heterocycles. The summed E-state index contributed by atoms with van der Waals surface area (Å²) in [6.45, 7) is 4.69. The number of aliphatic hydroxyl groups is 1. The molecular weight excluding hydrogens is 285 g/mol. The molecule has 3 rings (SSSR count). The van der Waals surface area contributed by atoms with Crippen LogP contribution in [-0.4, -0.2) is 45.3 Å². The lowest BCUT2D eigenvalue weighted by atomic mass is 9.96. The SMILES string of the molecule is CC1CCN(CCn2c(=O)ccc3ncc(F)cc32)CC1O. The van der Waals surface area contributed by atoms with Crippen molar-refractivity contribution in [2.24, 2.45) is 5.92 Å². The van der Waals surface area contributed by atoms with Gasteiger partial charge in [0.2, 0.25) is 0 Å². The molecule has 2 aromatic rings. The third-order valence-corrected chi connectivity index (χ3v) is 4.45. The molecule has 3 heterocycles. The predicted octanol–water partition coefficient (Wildman–Crippen LogP) is 1.24. The van der Waals surface area contributed by atoms with Gasteiger partial charge in [0.25, 0.3) is 5.56 Å². The van der Waals surface area contributed by atoms with Crippen LogP contribution in [-0.2, 0) is 6.54 Å². The van der Waals surface area contributed by atoms with Crippen LogP contribution >= 0.6 is 0 Å². The maximum atomic E-state index is 13.4. The van der Waals surface area contributed by atoms with E-state index in [-0.39, 0.29) is 11.7 Å². The van der Waals surface area contributed by atoms with Crippen molar-refractivity contribution in [2.45, 2.75) is 26.0 Å². The zero-order chi connectivity index (χ0) is 15.7. The zero-order valence-corrected chi connectivity index (χ0v) is 12.6. The number of fused-ring (bicyclic) bond motifs is 1. The van der Waals surface area contributed by atoms with Gasteiger partial charge in [-0.1, -0.05) is 6.92 Å². The Morgan fingerprint density at radius 1 is 1.41 bits per heavy atom. The number of pyridine rings is 2. The normalized spacial score (nSPS) is 23.0. The molecule has 0 saturated carbocycles. The van der Waals surface area contributed by atoms with Crippen LogP contribution in [0.25, 0.3) is 11.0 Å². The van der Waals surface area contributed by atoms with E-state index in [0.717, 1.165) is 19.2 Å². The molecule has 1 saturated heterocycles. The summed E-state index contributed by atoms with van der Waals surface area (Å²) in [4.78, 5) is 18.2. The maximum Gasteiger partial charge on any atom is 0.251 e. The first-order valence-electron chi connectivity index (χ1n) is 7.60. The molecule has 2 unspecified atom stereocenters. The largest absolute Gasteiger partial charge is 0.392 e. The fourth-order valence-corrected chi connectivity index (χ4v) is 2.93. The molecule has 0 spiro atoms. The lowest BCUT2D eigenvalue weighted by molar-refractivity contribution is 0.0280. The Morgan fingerprint density at radius 2 is 2.23 bits per heavy atom. The molecule has 0 aliphatic carbocycles. The molecule has 2 atom stereocenters. The van der Waals surface area contributed by atoms with Crippen molar-refractivity contribution in [3.63, 3.8) is 0 Å². The number of likely N-dealkylation sites (tertiary alicyclic amines) is 1. The zero-order valence-electron chi connectivity index (χ0n) is 12.6. The summed E-state index contributed by atoms with van der Waals surface area (Å²) in [7, 11) is 0. The first-order valence-corrected chi connectivity index (χ1v) is 7.60. The summed E-state index contributed by atoms with van der Waals surface area (Å²) in [5, 5.41) is 9.94. The van der Waals surface area contributed by atoms with Crippen LogP contribution in [0.5, 0.6) is 0 Å². The highest BCUT2D eigenvalue weighted by molar-refractivity contribution is 5.74. The monoisotopic (exact) mass is 305 g/mol. The van der Waals surface area contributed by atoms with E-state index in [0.29, 0.717) is 36.6 Å². The summed E-state index contributed by atoms with van der Waals surface area (Å²) in [5.41, 5.74) is 0.956. The van der Waals surface area contributed by atoms with Gasteiger partial charge >= 0.3 is 0 Å². The molecule has 1 aliphatic rings. The fourth-order valence-electron chi connectivity index (χ4n) is 2.93. The summed E-state index contributed by atoms with van der Waals surface area (Å²) >= 11 is 0. The highest BCUT2D eigenvalue weighted by Gasteiger charge is 2.23. The standard InChI is InChI=1S/C16H20FN3O2/c1-11-4-5-19(10-15(11)21)6-7-20-14-8-12(17)9-18-13(14)2-3-16(20)22/h2-3,8-9,11,15,21H,4-7,10H2,1H3. The topological polar surface area (TPSA) is 58.4 Å². The van der Waals surface area contributed by atoms with Crippen LogP contribution in [0.1, 0.15) is 13.3 Å². The van der Waals surface area contributed by atoms with Gasteiger partial charge in [-0.25, -0.2) is 4.39 Å². The number of aromatic nitrogens is 2. The van der Waals surface area contributed by atoms with Gasteiger partial charge in [0.1, 0.15) is 5.82 Å². The van der Waals surface area contributed by atoms with Crippen molar-refractivity contribution in [1.82, 2.24) is 14.5 Å². The number of halogens is 1. The number of rotatable bonds is 3. The smallest absolute Gasteiger partial charge is 0.251 e. The van der Waals surface area contributed by atoms with Gasteiger partial charge in [-0.15, -0.1) is 0 Å². The quantitative estimate of drug-likeness (QED) is 0.927. The molecule has 22 heavy (non-hydrogen) atoms. The minimum Gasteiger partial charge on any atom is -0.392 e. The Hall–Kier alpha value is -1.79. The highest BCUT2D eigenvalue weighted by atomic mass is 19.1. The second-order valence-electron chi connectivity index (χ2n) is 6.02. The predicted molar refractivity (Wildman–Crippen MR) is 82.2 cm³/mol. The average molecular weight is 305 g/mol. The molecule has 0 radical (unpaired) electrons. The van der Waals surface area contributed by atoms with Gasteiger partial charge in [-0.05, 0) is 24.9 Å². The molecular formula is C16H20FN3O2. The van der Waals surface area contributed by atoms with Crippen LogP contribution in [0.4, 0.5) is 4.39 Å². The molecule has 118 valence electrons. The molecule has 2 aromatic heterocycles. The Balaban J connectivity index is 1.80. The fraction of sp³-hybridized carbons (Fsp3) is 0.500. The lowest BCUT2D eigenvalue weighted by Gasteiger charge is -2.34. The van der Waals surface area contributed by atoms with E-state index < -0.39 is 5.82 Å². The summed E-state index contributed by atoms with van der Waals surface area (Å²) in [6.07, 6.45) is 1.78. The summed E-state index contributed by atoms with van der Waals surface area (Å²) in [5.74, 6) is -0.135. The molecule has 5 nitrogen and oxygen atoms in total. The molecule has 6 heteroatoms. The van der Waals surface area contributed by atoms with Crippen LogP contribution in [0.2, 0.25) is 0 Å². The van der Waals surface area contributed by atoms with Gasteiger partial charge in [0.05, 0.1) is 23.3 Å². The maximum absolute atomic E-state index is 13.4. The highest BCUT2D eigenvalue weighted by Crippen LogP contribution is 2.17. The van der Waals surface area contributed by atoms with Gasteiger partial charge in [0, 0.05) is 31.8 Å². The van der Waals surface area contributed by atoms with E-state index in [2.05, 4.69) is 9.88 Å². The number of hydrogen-bond donors (Lipinski definition) is 1. The van der Waals surface area contributed by atoms with Gasteiger partial charge in [0.15, 0.2) is 0 Å². The van der Waals surface area contributed by atoms with Crippen molar-refractivity contribution in [3.05, 3.63) is 40.6 Å². The van der Waals surface area contributed by atoms with Gasteiger partial charge in [-0.2, -0.15) is 0 Å². The van der Waals surface area contributed by atoms with E-state index in [9.17, 15) is 14.3 Å². The second kappa shape index (κ2) is 6.14. The molecule has 1 N–H and O–H groups in total. The van der Waals surface area contributed by atoms with Crippen LogP contribution in [0, 0.1) is 11.7 Å². The van der Waals surface area contributed by atoms with Crippen molar-refractivity contribution in [3.8, 4) is 0 Å². The van der Waals surface area contributed by atoms with Gasteiger partial charge in [-0.3, -0.25) is 14.7 Å². The third-order valence-electron chi connectivity index (χ3n) is 4.45. The molecule has 0 aromatic carbocycles. The van der Waals surface area contributed by atoms with Crippen molar-refractivity contribution >= 4 is 11.0 Å². The number of aliphatic hydroxyl groups excluding tert-OH is 1. The van der Waals surface area contributed by atoms with Crippen molar-refractivity contribution < 1.29 is 9.50 Å².